The third-order valence-corrected chi connectivity index (χ3v) is 3.58. The summed E-state index contributed by atoms with van der Waals surface area (Å²) in [7, 11) is 0. The molecule has 0 saturated carbocycles. The summed E-state index contributed by atoms with van der Waals surface area (Å²) in [5, 5.41) is 13.2. The number of rotatable bonds is 4. The Labute approximate surface area is 139 Å². The van der Waals surface area contributed by atoms with Gasteiger partial charge in [0.2, 0.25) is 0 Å². The number of nitrogens with zero attached hydrogens (tertiary/aromatic N) is 2. The number of para-hydroxylation sites is 1. The quantitative estimate of drug-likeness (QED) is 0.696. The zero-order chi connectivity index (χ0) is 16.8. The highest BCUT2D eigenvalue weighted by Gasteiger charge is 2.19. The van der Waals surface area contributed by atoms with Crippen LogP contribution >= 0.6 is 0 Å². The summed E-state index contributed by atoms with van der Waals surface area (Å²) in [6.45, 7) is 0.386. The summed E-state index contributed by atoms with van der Waals surface area (Å²) >= 11 is 0. The first-order chi connectivity index (χ1) is 11.8. The number of hydrazone groups is 1. The minimum absolute atomic E-state index is 0.386. The monoisotopic (exact) mass is 317 g/mol. The van der Waals surface area contributed by atoms with Crippen molar-refractivity contribution in [1.29, 1.82) is 5.26 Å². The Bertz CT molecular complexity index is 835. The second-order valence-electron chi connectivity index (χ2n) is 5.25. The number of nitrogens with one attached hydrogen (secondary N) is 1. The Hall–Kier alpha value is -3.39. The molecule has 1 aliphatic heterocycles. The van der Waals surface area contributed by atoms with Crippen LogP contribution in [0.15, 0.2) is 65.3 Å². The molecule has 1 aliphatic rings. The lowest BCUT2D eigenvalue weighted by Crippen LogP contribution is -2.24. The molecule has 5 heteroatoms. The maximum absolute atomic E-state index is 12.1. The van der Waals surface area contributed by atoms with Crippen LogP contribution in [0, 0.1) is 11.3 Å². The molecule has 0 aromatic heterocycles. The Morgan fingerprint density at radius 3 is 2.75 bits per heavy atom. The van der Waals surface area contributed by atoms with Crippen molar-refractivity contribution < 1.29 is 9.53 Å². The van der Waals surface area contributed by atoms with E-state index in [1.54, 1.807) is 24.3 Å². The molecule has 0 aliphatic carbocycles. The first-order valence-electron chi connectivity index (χ1n) is 7.48. The van der Waals surface area contributed by atoms with Crippen LogP contribution in [0.2, 0.25) is 0 Å². The summed E-state index contributed by atoms with van der Waals surface area (Å²) < 4.78 is 5.61. The molecule has 1 atom stereocenters. The Kier molecular flexibility index (Phi) is 4.68. The van der Waals surface area contributed by atoms with Crippen molar-refractivity contribution in [3.05, 3.63) is 71.3 Å². The molecular formula is C19H15N3O2. The van der Waals surface area contributed by atoms with Crippen LogP contribution in [0.3, 0.4) is 0 Å². The van der Waals surface area contributed by atoms with Crippen molar-refractivity contribution in [2.24, 2.45) is 5.10 Å². The van der Waals surface area contributed by atoms with Crippen LogP contribution in [0.25, 0.3) is 6.08 Å². The number of carbonyl (C=O) groups excluding carboxylic acids is 1. The topological polar surface area (TPSA) is 74.5 Å². The number of benzene rings is 2. The van der Waals surface area contributed by atoms with Crippen molar-refractivity contribution in [3.8, 4) is 11.8 Å². The SMILES string of the molecule is N#C[C@@H](C(=O)N/N=C\C1=Cc2ccccc2OC1)c1ccccc1. The Balaban J connectivity index is 1.65. The lowest BCUT2D eigenvalue weighted by Gasteiger charge is -2.15. The number of carbonyl (C=O) groups is 1. The zero-order valence-electron chi connectivity index (χ0n) is 12.8. The third kappa shape index (κ3) is 3.50. The largest absolute Gasteiger partial charge is 0.488 e. The van der Waals surface area contributed by atoms with E-state index in [1.807, 2.05) is 42.5 Å². The van der Waals surface area contributed by atoms with Gasteiger partial charge in [0.05, 0.1) is 12.3 Å². The van der Waals surface area contributed by atoms with Gasteiger partial charge in [-0.3, -0.25) is 4.79 Å². The Morgan fingerprint density at radius 1 is 1.21 bits per heavy atom. The highest BCUT2D eigenvalue weighted by atomic mass is 16.5. The standard InChI is InChI=1S/C19H15N3O2/c20-11-17(15-6-2-1-3-7-15)19(23)22-21-12-14-10-16-8-4-5-9-18(16)24-13-14/h1-10,12,17H,13H2,(H,22,23)/b21-12-/t17-/m1/s1. The minimum Gasteiger partial charge on any atom is -0.488 e. The molecule has 1 amide bonds. The van der Waals surface area contributed by atoms with Crippen molar-refractivity contribution in [3.63, 3.8) is 0 Å². The van der Waals surface area contributed by atoms with E-state index in [9.17, 15) is 10.1 Å². The summed E-state index contributed by atoms with van der Waals surface area (Å²) in [5.41, 5.74) is 4.86. The molecule has 24 heavy (non-hydrogen) atoms. The third-order valence-electron chi connectivity index (χ3n) is 3.58. The smallest absolute Gasteiger partial charge is 0.261 e. The minimum atomic E-state index is -0.888. The van der Waals surface area contributed by atoms with Crippen LogP contribution in [0.5, 0.6) is 5.75 Å². The van der Waals surface area contributed by atoms with Gasteiger partial charge in [-0.2, -0.15) is 10.4 Å². The van der Waals surface area contributed by atoms with E-state index in [4.69, 9.17) is 4.74 Å². The molecule has 0 spiro atoms. The fraction of sp³-hybridized carbons (Fsp3) is 0.105. The van der Waals surface area contributed by atoms with Gasteiger partial charge in [0, 0.05) is 11.1 Å². The molecule has 1 heterocycles. The van der Waals surface area contributed by atoms with E-state index in [2.05, 4.69) is 10.5 Å². The van der Waals surface area contributed by atoms with Crippen molar-refractivity contribution in [1.82, 2.24) is 5.43 Å². The number of amides is 1. The molecule has 0 saturated heterocycles. The van der Waals surface area contributed by atoms with Gasteiger partial charge >= 0.3 is 0 Å². The predicted octanol–water partition coefficient (Wildman–Crippen LogP) is 2.87. The van der Waals surface area contributed by atoms with Crippen molar-refractivity contribution in [2.45, 2.75) is 5.92 Å². The van der Waals surface area contributed by atoms with Crippen molar-refractivity contribution in [2.75, 3.05) is 6.61 Å². The molecule has 0 unspecified atom stereocenters. The number of fused-ring (bicyclic) bond motifs is 1. The van der Waals surface area contributed by atoms with Gasteiger partial charge in [0.1, 0.15) is 12.4 Å². The van der Waals surface area contributed by atoms with E-state index in [1.165, 1.54) is 6.21 Å². The lowest BCUT2D eigenvalue weighted by atomic mass is 10.0. The first kappa shape index (κ1) is 15.5. The van der Waals surface area contributed by atoms with Gasteiger partial charge in [-0.1, -0.05) is 48.5 Å². The van der Waals surface area contributed by atoms with E-state index in [0.29, 0.717) is 12.2 Å². The molecular weight excluding hydrogens is 302 g/mol. The molecule has 2 aromatic carbocycles. The zero-order valence-corrected chi connectivity index (χ0v) is 12.8. The number of ether oxygens (including phenoxy) is 1. The Morgan fingerprint density at radius 2 is 1.96 bits per heavy atom. The summed E-state index contributed by atoms with van der Waals surface area (Å²) in [6.07, 6.45) is 3.49. The summed E-state index contributed by atoms with van der Waals surface area (Å²) in [4.78, 5) is 12.1. The number of nitriles is 1. The van der Waals surface area contributed by atoms with Crippen LogP contribution in [0.4, 0.5) is 0 Å². The summed E-state index contributed by atoms with van der Waals surface area (Å²) in [5.74, 6) is -0.523. The first-order valence-corrected chi connectivity index (χ1v) is 7.48. The molecule has 118 valence electrons. The molecule has 0 radical (unpaired) electrons. The molecule has 0 fully saturated rings. The normalized spacial score (nSPS) is 14.0. The van der Waals surface area contributed by atoms with E-state index in [-0.39, 0.29) is 0 Å². The van der Waals surface area contributed by atoms with E-state index < -0.39 is 11.8 Å². The number of hydrogen-bond acceptors (Lipinski definition) is 4. The highest BCUT2D eigenvalue weighted by molar-refractivity contribution is 5.90. The van der Waals surface area contributed by atoms with Gasteiger partial charge in [0.25, 0.3) is 5.91 Å². The molecule has 2 aromatic rings. The molecule has 0 bridgehead atoms. The maximum Gasteiger partial charge on any atom is 0.261 e. The molecule has 5 nitrogen and oxygen atoms in total. The molecule has 1 N–H and O–H groups in total. The average molecular weight is 317 g/mol. The van der Waals surface area contributed by atoms with Gasteiger partial charge < -0.3 is 4.74 Å². The summed E-state index contributed by atoms with van der Waals surface area (Å²) in [6, 6.07) is 18.6. The molecule has 3 rings (SSSR count). The second kappa shape index (κ2) is 7.25. The highest BCUT2D eigenvalue weighted by Crippen LogP contribution is 2.24. The van der Waals surface area contributed by atoms with Gasteiger partial charge in [-0.25, -0.2) is 5.43 Å². The fourth-order valence-electron chi connectivity index (χ4n) is 2.38. The van der Waals surface area contributed by atoms with Crippen LogP contribution < -0.4 is 10.2 Å². The van der Waals surface area contributed by atoms with E-state index in [0.717, 1.165) is 16.9 Å². The fourth-order valence-corrected chi connectivity index (χ4v) is 2.38. The predicted molar refractivity (Wildman–Crippen MR) is 91.3 cm³/mol. The van der Waals surface area contributed by atoms with Gasteiger partial charge in [0.15, 0.2) is 5.92 Å². The van der Waals surface area contributed by atoms with Crippen molar-refractivity contribution >= 4 is 18.2 Å². The van der Waals surface area contributed by atoms with Crippen LogP contribution in [-0.4, -0.2) is 18.7 Å². The number of hydrogen-bond donors (Lipinski definition) is 1. The van der Waals surface area contributed by atoms with Gasteiger partial charge in [-0.05, 0) is 17.7 Å². The van der Waals surface area contributed by atoms with E-state index >= 15 is 0 Å². The average Bonchev–Trinajstić information content (AvgIpc) is 2.63. The van der Waals surface area contributed by atoms with Crippen LogP contribution in [-0.2, 0) is 4.79 Å². The van der Waals surface area contributed by atoms with Gasteiger partial charge in [-0.15, -0.1) is 0 Å². The lowest BCUT2D eigenvalue weighted by molar-refractivity contribution is -0.121. The maximum atomic E-state index is 12.1. The second-order valence-corrected chi connectivity index (χ2v) is 5.25. The van der Waals surface area contributed by atoms with Crippen LogP contribution in [0.1, 0.15) is 17.0 Å².